The average molecular weight is 171 g/mol. The van der Waals surface area contributed by atoms with Gasteiger partial charge in [-0.1, -0.05) is 6.42 Å². The van der Waals surface area contributed by atoms with E-state index in [1.54, 1.807) is 0 Å². The van der Waals surface area contributed by atoms with Crippen LogP contribution >= 0.6 is 24.8 Å². The second kappa shape index (κ2) is 6.37. The van der Waals surface area contributed by atoms with E-state index in [0.717, 1.165) is 25.7 Å². The molecule has 1 aliphatic carbocycles. The minimum absolute atomic E-state index is 0. The molecule has 0 radical (unpaired) electrons. The number of carbonyl (C=O) groups excluding carboxylic acids is 1. The molecular formula is C6H12Cl2O. The molecule has 1 aliphatic rings. The molecular weight excluding hydrogens is 159 g/mol. The van der Waals surface area contributed by atoms with Crippen molar-refractivity contribution in [1.82, 2.24) is 0 Å². The van der Waals surface area contributed by atoms with E-state index in [-0.39, 0.29) is 24.8 Å². The summed E-state index contributed by atoms with van der Waals surface area (Å²) in [5.74, 6) is 0.464. The Morgan fingerprint density at radius 2 is 1.33 bits per heavy atom. The summed E-state index contributed by atoms with van der Waals surface area (Å²) in [6, 6.07) is 0. The van der Waals surface area contributed by atoms with Crippen molar-refractivity contribution in [2.45, 2.75) is 32.1 Å². The summed E-state index contributed by atoms with van der Waals surface area (Å²) in [4.78, 5) is 10.5. The van der Waals surface area contributed by atoms with E-state index in [4.69, 9.17) is 0 Å². The van der Waals surface area contributed by atoms with Gasteiger partial charge in [-0.15, -0.1) is 24.8 Å². The maximum atomic E-state index is 10.5. The van der Waals surface area contributed by atoms with Crippen LogP contribution in [0.2, 0.25) is 0 Å². The predicted octanol–water partition coefficient (Wildman–Crippen LogP) is 2.36. The molecule has 0 aliphatic heterocycles. The summed E-state index contributed by atoms with van der Waals surface area (Å²) in [5.41, 5.74) is 0. The third-order valence-corrected chi connectivity index (χ3v) is 1.41. The molecule has 1 rings (SSSR count). The first kappa shape index (κ1) is 12.0. The molecule has 9 heavy (non-hydrogen) atoms. The summed E-state index contributed by atoms with van der Waals surface area (Å²) in [6.45, 7) is 0. The van der Waals surface area contributed by atoms with Crippen molar-refractivity contribution < 1.29 is 4.79 Å². The Labute approximate surface area is 68.0 Å². The number of rotatable bonds is 0. The minimum Gasteiger partial charge on any atom is -0.300 e. The first-order valence-corrected chi connectivity index (χ1v) is 2.91. The van der Waals surface area contributed by atoms with Crippen LogP contribution in [-0.4, -0.2) is 5.78 Å². The van der Waals surface area contributed by atoms with E-state index in [1.807, 2.05) is 0 Å². The van der Waals surface area contributed by atoms with Gasteiger partial charge in [0, 0.05) is 12.8 Å². The Morgan fingerprint density at radius 3 is 1.56 bits per heavy atom. The van der Waals surface area contributed by atoms with Gasteiger partial charge in [-0.3, -0.25) is 4.79 Å². The lowest BCUT2D eigenvalue weighted by atomic mass is 10.00. The van der Waals surface area contributed by atoms with Gasteiger partial charge in [-0.05, 0) is 12.8 Å². The van der Waals surface area contributed by atoms with Crippen molar-refractivity contribution in [3.8, 4) is 0 Å². The molecule has 0 aromatic rings. The second-order valence-corrected chi connectivity index (χ2v) is 2.10. The highest BCUT2D eigenvalue weighted by Crippen LogP contribution is 2.12. The maximum Gasteiger partial charge on any atom is 0.132 e. The van der Waals surface area contributed by atoms with Gasteiger partial charge in [0.05, 0.1) is 0 Å². The Bertz CT molecular complexity index is 75.1. The number of halogens is 2. The lowest BCUT2D eigenvalue weighted by Crippen LogP contribution is -2.02. The van der Waals surface area contributed by atoms with Gasteiger partial charge in [0.1, 0.15) is 5.78 Å². The van der Waals surface area contributed by atoms with Crippen LogP contribution in [0.3, 0.4) is 0 Å². The summed E-state index contributed by atoms with van der Waals surface area (Å²) in [6.07, 6.45) is 5.24. The van der Waals surface area contributed by atoms with Crippen molar-refractivity contribution in [2.24, 2.45) is 0 Å². The molecule has 0 aromatic carbocycles. The van der Waals surface area contributed by atoms with Gasteiger partial charge in [0.25, 0.3) is 0 Å². The number of carbonyl (C=O) groups is 1. The van der Waals surface area contributed by atoms with Gasteiger partial charge < -0.3 is 0 Å². The SMILES string of the molecule is Cl.Cl.O=C1CCCCC1. The number of hydrogen-bond acceptors (Lipinski definition) is 1. The van der Waals surface area contributed by atoms with Crippen LogP contribution in [0, 0.1) is 0 Å². The third-order valence-electron chi connectivity index (χ3n) is 1.41. The number of hydrogen-bond donors (Lipinski definition) is 0. The Morgan fingerprint density at radius 1 is 0.889 bits per heavy atom. The lowest BCUT2D eigenvalue weighted by Gasteiger charge is -2.05. The molecule has 0 aromatic heterocycles. The predicted molar refractivity (Wildman–Crippen MR) is 42.6 cm³/mol. The fourth-order valence-electron chi connectivity index (χ4n) is 0.946. The van der Waals surface area contributed by atoms with Gasteiger partial charge in [0.15, 0.2) is 0 Å². The van der Waals surface area contributed by atoms with E-state index < -0.39 is 0 Å². The first-order chi connectivity index (χ1) is 3.39. The Balaban J connectivity index is 0. The molecule has 1 nitrogen and oxygen atoms in total. The van der Waals surface area contributed by atoms with Crippen molar-refractivity contribution in [3.05, 3.63) is 0 Å². The Hall–Kier alpha value is 0.250. The monoisotopic (exact) mass is 170 g/mol. The molecule has 3 heteroatoms. The van der Waals surface area contributed by atoms with Crippen LogP contribution in [-0.2, 0) is 4.79 Å². The van der Waals surface area contributed by atoms with E-state index in [1.165, 1.54) is 6.42 Å². The van der Waals surface area contributed by atoms with E-state index in [0.29, 0.717) is 5.78 Å². The molecule has 0 saturated heterocycles. The first-order valence-electron chi connectivity index (χ1n) is 2.91. The third kappa shape index (κ3) is 4.73. The van der Waals surface area contributed by atoms with Crippen LogP contribution in [0.1, 0.15) is 32.1 Å². The molecule has 0 amide bonds. The van der Waals surface area contributed by atoms with Gasteiger partial charge in [-0.25, -0.2) is 0 Å². The standard InChI is InChI=1S/C6H10O.2ClH/c7-6-4-2-1-3-5-6;;/h1-5H2;2*1H. The van der Waals surface area contributed by atoms with E-state index in [2.05, 4.69) is 0 Å². The van der Waals surface area contributed by atoms with Crippen LogP contribution in [0.15, 0.2) is 0 Å². The molecule has 56 valence electrons. The molecule has 0 heterocycles. The quantitative estimate of drug-likeness (QED) is 0.546. The number of ketones is 1. The summed E-state index contributed by atoms with van der Waals surface area (Å²) in [5, 5.41) is 0. The van der Waals surface area contributed by atoms with Crippen LogP contribution in [0.5, 0.6) is 0 Å². The van der Waals surface area contributed by atoms with Crippen LogP contribution in [0.4, 0.5) is 0 Å². The number of Topliss-reactive ketones (excluding diaryl/α,β-unsaturated/α-hetero) is 1. The van der Waals surface area contributed by atoms with Gasteiger partial charge in [0.2, 0.25) is 0 Å². The average Bonchev–Trinajstić information content (AvgIpc) is 1.69. The fourth-order valence-corrected chi connectivity index (χ4v) is 0.946. The molecule has 0 N–H and O–H groups in total. The molecule has 1 fully saturated rings. The second-order valence-electron chi connectivity index (χ2n) is 2.10. The highest BCUT2D eigenvalue weighted by molar-refractivity contribution is 5.85. The summed E-state index contributed by atoms with van der Waals surface area (Å²) < 4.78 is 0. The summed E-state index contributed by atoms with van der Waals surface area (Å²) in [7, 11) is 0. The molecule has 0 bridgehead atoms. The van der Waals surface area contributed by atoms with Crippen molar-refractivity contribution in [2.75, 3.05) is 0 Å². The zero-order chi connectivity index (χ0) is 5.11. The molecule has 0 atom stereocenters. The molecule has 0 spiro atoms. The van der Waals surface area contributed by atoms with Gasteiger partial charge >= 0.3 is 0 Å². The fraction of sp³-hybridized carbons (Fsp3) is 0.833. The summed E-state index contributed by atoms with van der Waals surface area (Å²) >= 11 is 0. The topological polar surface area (TPSA) is 17.1 Å². The van der Waals surface area contributed by atoms with Crippen LogP contribution in [0.25, 0.3) is 0 Å². The molecule has 1 saturated carbocycles. The highest BCUT2D eigenvalue weighted by atomic mass is 35.5. The maximum absolute atomic E-state index is 10.5. The highest BCUT2D eigenvalue weighted by Gasteiger charge is 2.05. The van der Waals surface area contributed by atoms with Gasteiger partial charge in [-0.2, -0.15) is 0 Å². The van der Waals surface area contributed by atoms with E-state index >= 15 is 0 Å². The van der Waals surface area contributed by atoms with Crippen molar-refractivity contribution >= 4 is 30.6 Å². The smallest absolute Gasteiger partial charge is 0.132 e. The minimum atomic E-state index is 0. The molecule has 0 unspecified atom stereocenters. The lowest BCUT2D eigenvalue weighted by molar-refractivity contribution is -0.120. The largest absolute Gasteiger partial charge is 0.300 e. The van der Waals surface area contributed by atoms with Crippen molar-refractivity contribution in [1.29, 1.82) is 0 Å². The van der Waals surface area contributed by atoms with Crippen molar-refractivity contribution in [3.63, 3.8) is 0 Å². The van der Waals surface area contributed by atoms with E-state index in [9.17, 15) is 4.79 Å². The normalized spacial score (nSPS) is 17.6. The zero-order valence-electron chi connectivity index (χ0n) is 5.26. The Kier molecular flexibility index (Phi) is 8.48. The zero-order valence-corrected chi connectivity index (χ0v) is 6.89. The van der Waals surface area contributed by atoms with Crippen LogP contribution < -0.4 is 0 Å².